The predicted octanol–water partition coefficient (Wildman–Crippen LogP) is 2.00. The number of hydrogen-bond donors (Lipinski definition) is 1. The fourth-order valence-corrected chi connectivity index (χ4v) is 0.956. The van der Waals surface area contributed by atoms with Crippen LogP contribution >= 0.6 is 12.6 Å². The molecule has 0 spiro atoms. The monoisotopic (exact) mass is 218 g/mol. The fourth-order valence-electron chi connectivity index (χ4n) is 0.827. The molecule has 0 aromatic heterocycles. The first kappa shape index (κ1) is 13.5. The van der Waals surface area contributed by atoms with E-state index in [0.717, 1.165) is 0 Å². The van der Waals surface area contributed by atoms with Gasteiger partial charge >= 0.3 is 5.97 Å². The summed E-state index contributed by atoms with van der Waals surface area (Å²) in [5.74, 6) is -0.362. The zero-order valence-corrected chi connectivity index (χ0v) is 10.1. The fraction of sp³-hybridized carbons (Fsp3) is 0.800. The van der Waals surface area contributed by atoms with E-state index in [1.54, 1.807) is 27.7 Å². The van der Waals surface area contributed by atoms with Crippen molar-refractivity contribution in [2.45, 2.75) is 51.4 Å². The molecule has 0 saturated carbocycles. The molecule has 3 nitrogen and oxygen atoms in total. The van der Waals surface area contributed by atoms with Gasteiger partial charge in [0, 0.05) is 6.42 Å². The molecule has 0 heterocycles. The van der Waals surface area contributed by atoms with E-state index >= 15 is 0 Å². The normalized spacial score (nSPS) is 13.5. The standard InChI is InChI=1S/C10H18O3S/c1-7(14)8(11)5-6-9(12)13-10(2,3)4/h7,14H,5-6H2,1-4H3. The summed E-state index contributed by atoms with van der Waals surface area (Å²) in [4.78, 5) is 22.3. The van der Waals surface area contributed by atoms with Gasteiger partial charge in [0.15, 0.2) is 0 Å². The van der Waals surface area contributed by atoms with Crippen LogP contribution in [0.25, 0.3) is 0 Å². The summed E-state index contributed by atoms with van der Waals surface area (Å²) in [6.45, 7) is 7.09. The molecule has 0 saturated heterocycles. The maximum absolute atomic E-state index is 11.2. The van der Waals surface area contributed by atoms with Crippen molar-refractivity contribution < 1.29 is 14.3 Å². The van der Waals surface area contributed by atoms with Gasteiger partial charge in [-0.1, -0.05) is 0 Å². The van der Waals surface area contributed by atoms with Crippen molar-refractivity contribution in [3.8, 4) is 0 Å². The van der Waals surface area contributed by atoms with Gasteiger partial charge in [-0.15, -0.1) is 0 Å². The van der Waals surface area contributed by atoms with Crippen LogP contribution in [0.1, 0.15) is 40.5 Å². The Labute approximate surface area is 90.6 Å². The molecule has 0 fully saturated rings. The largest absolute Gasteiger partial charge is 0.460 e. The molecule has 0 bridgehead atoms. The molecule has 0 aromatic carbocycles. The van der Waals surface area contributed by atoms with Gasteiger partial charge in [0.05, 0.1) is 11.7 Å². The van der Waals surface area contributed by atoms with Gasteiger partial charge in [-0.3, -0.25) is 9.59 Å². The molecule has 0 N–H and O–H groups in total. The van der Waals surface area contributed by atoms with Crippen molar-refractivity contribution in [3.63, 3.8) is 0 Å². The molecular formula is C10H18O3S. The quantitative estimate of drug-likeness (QED) is 0.579. The van der Waals surface area contributed by atoms with Crippen LogP contribution in [-0.4, -0.2) is 22.6 Å². The van der Waals surface area contributed by atoms with Crippen LogP contribution in [0, 0.1) is 0 Å². The third-order valence-corrected chi connectivity index (χ3v) is 1.75. The van der Waals surface area contributed by atoms with Crippen molar-refractivity contribution in [3.05, 3.63) is 0 Å². The number of carbonyl (C=O) groups is 2. The summed E-state index contributed by atoms with van der Waals surface area (Å²) >= 11 is 3.98. The van der Waals surface area contributed by atoms with Crippen LogP contribution in [0.15, 0.2) is 0 Å². The van der Waals surface area contributed by atoms with E-state index in [2.05, 4.69) is 12.6 Å². The van der Waals surface area contributed by atoms with E-state index in [4.69, 9.17) is 4.74 Å². The summed E-state index contributed by atoms with van der Waals surface area (Å²) < 4.78 is 5.05. The van der Waals surface area contributed by atoms with Crippen molar-refractivity contribution in [1.29, 1.82) is 0 Å². The second-order valence-electron chi connectivity index (χ2n) is 4.23. The minimum Gasteiger partial charge on any atom is -0.460 e. The van der Waals surface area contributed by atoms with Gasteiger partial charge in [0.25, 0.3) is 0 Å². The van der Waals surface area contributed by atoms with E-state index in [9.17, 15) is 9.59 Å². The topological polar surface area (TPSA) is 43.4 Å². The molecule has 82 valence electrons. The first-order valence-corrected chi connectivity index (χ1v) is 5.16. The lowest BCUT2D eigenvalue weighted by Gasteiger charge is -2.19. The molecule has 0 aliphatic rings. The van der Waals surface area contributed by atoms with Crippen molar-refractivity contribution >= 4 is 24.4 Å². The van der Waals surface area contributed by atoms with Gasteiger partial charge in [-0.25, -0.2) is 0 Å². The smallest absolute Gasteiger partial charge is 0.306 e. The molecular weight excluding hydrogens is 200 g/mol. The van der Waals surface area contributed by atoms with Gasteiger partial charge < -0.3 is 4.74 Å². The summed E-state index contributed by atoms with van der Waals surface area (Å²) in [7, 11) is 0. The molecule has 1 unspecified atom stereocenters. The van der Waals surface area contributed by atoms with Gasteiger partial charge in [-0.05, 0) is 27.7 Å². The third kappa shape index (κ3) is 6.95. The van der Waals surface area contributed by atoms with Crippen LogP contribution in [0.4, 0.5) is 0 Å². The average Bonchev–Trinajstić information content (AvgIpc) is 1.96. The minimum atomic E-state index is -0.479. The number of Topliss-reactive ketones (excluding diaryl/α,β-unsaturated/α-hetero) is 1. The highest BCUT2D eigenvalue weighted by Gasteiger charge is 2.17. The van der Waals surface area contributed by atoms with Crippen molar-refractivity contribution in [1.82, 2.24) is 0 Å². The van der Waals surface area contributed by atoms with E-state index in [1.165, 1.54) is 0 Å². The van der Waals surface area contributed by atoms with E-state index < -0.39 is 5.60 Å². The zero-order valence-electron chi connectivity index (χ0n) is 9.16. The van der Waals surface area contributed by atoms with E-state index in [-0.39, 0.29) is 29.8 Å². The van der Waals surface area contributed by atoms with E-state index in [0.29, 0.717) is 0 Å². The van der Waals surface area contributed by atoms with Crippen LogP contribution < -0.4 is 0 Å². The molecule has 1 atom stereocenters. The highest BCUT2D eigenvalue weighted by molar-refractivity contribution is 7.81. The molecule has 0 amide bonds. The third-order valence-electron chi connectivity index (χ3n) is 1.46. The molecule has 0 aromatic rings. The SMILES string of the molecule is CC(S)C(=O)CCC(=O)OC(C)(C)C. The average molecular weight is 218 g/mol. The van der Waals surface area contributed by atoms with Crippen LogP contribution in [0.5, 0.6) is 0 Å². The second kappa shape index (κ2) is 5.39. The molecule has 0 rings (SSSR count). The molecule has 4 heteroatoms. The number of carbonyl (C=O) groups excluding carboxylic acids is 2. The Morgan fingerprint density at radius 3 is 2.14 bits per heavy atom. The minimum absolute atomic E-state index is 0.0285. The Bertz CT molecular complexity index is 216. The summed E-state index contributed by atoms with van der Waals surface area (Å²) in [5.41, 5.74) is -0.479. The number of ether oxygens (including phenoxy) is 1. The maximum Gasteiger partial charge on any atom is 0.306 e. The van der Waals surface area contributed by atoms with E-state index in [1.807, 2.05) is 0 Å². The number of ketones is 1. The first-order valence-electron chi connectivity index (χ1n) is 4.65. The lowest BCUT2D eigenvalue weighted by atomic mass is 10.1. The Kier molecular flexibility index (Phi) is 5.19. The van der Waals surface area contributed by atoms with Crippen molar-refractivity contribution in [2.75, 3.05) is 0 Å². The number of hydrogen-bond acceptors (Lipinski definition) is 4. The summed E-state index contributed by atoms with van der Waals surface area (Å²) in [6.07, 6.45) is 0.348. The highest BCUT2D eigenvalue weighted by Crippen LogP contribution is 2.10. The highest BCUT2D eigenvalue weighted by atomic mass is 32.1. The van der Waals surface area contributed by atoms with Gasteiger partial charge in [-0.2, -0.15) is 12.6 Å². The molecule has 0 radical (unpaired) electrons. The van der Waals surface area contributed by atoms with Crippen molar-refractivity contribution in [2.24, 2.45) is 0 Å². The van der Waals surface area contributed by atoms with Crippen LogP contribution in [0.2, 0.25) is 0 Å². The number of esters is 1. The van der Waals surface area contributed by atoms with Crippen LogP contribution in [0.3, 0.4) is 0 Å². The number of thiol groups is 1. The molecule has 0 aliphatic carbocycles. The lowest BCUT2D eigenvalue weighted by Crippen LogP contribution is -2.24. The lowest BCUT2D eigenvalue weighted by molar-refractivity contribution is -0.155. The second-order valence-corrected chi connectivity index (χ2v) is 5.00. The van der Waals surface area contributed by atoms with Gasteiger partial charge in [0.2, 0.25) is 0 Å². The Morgan fingerprint density at radius 2 is 1.79 bits per heavy atom. The Hall–Kier alpha value is -0.510. The number of rotatable bonds is 4. The summed E-state index contributed by atoms with van der Waals surface area (Å²) in [6, 6.07) is 0. The molecule has 0 aliphatic heterocycles. The maximum atomic E-state index is 11.2. The molecule has 14 heavy (non-hydrogen) atoms. The zero-order chi connectivity index (χ0) is 11.4. The summed E-state index contributed by atoms with van der Waals surface area (Å²) in [5, 5.41) is -0.308. The Balaban J connectivity index is 3.81. The van der Waals surface area contributed by atoms with Gasteiger partial charge in [0.1, 0.15) is 11.4 Å². The first-order chi connectivity index (χ1) is 6.22. The van der Waals surface area contributed by atoms with Crippen LogP contribution in [-0.2, 0) is 14.3 Å². The predicted molar refractivity (Wildman–Crippen MR) is 58.5 cm³/mol. The Morgan fingerprint density at radius 1 is 1.29 bits per heavy atom.